The number of nitrogens with zero attached hydrogens (tertiary/aromatic N) is 1. The zero-order valence-electron chi connectivity index (χ0n) is 19.6. The lowest BCUT2D eigenvalue weighted by atomic mass is 9.92. The quantitative estimate of drug-likeness (QED) is 0.270. The minimum atomic E-state index is -4.05. The van der Waals surface area contributed by atoms with Gasteiger partial charge in [-0.15, -0.1) is 0 Å². The van der Waals surface area contributed by atoms with Gasteiger partial charge < -0.3 is 20.2 Å². The number of aromatic carboxylic acids is 1. The van der Waals surface area contributed by atoms with Crippen LogP contribution < -0.4 is 4.72 Å². The lowest BCUT2D eigenvalue weighted by Crippen LogP contribution is -2.41. The van der Waals surface area contributed by atoms with Gasteiger partial charge in [-0.3, -0.25) is 14.4 Å². The summed E-state index contributed by atoms with van der Waals surface area (Å²) < 4.78 is 27.4. The number of phenols is 1. The van der Waals surface area contributed by atoms with Crippen LogP contribution in [0.2, 0.25) is 0 Å². The fourth-order valence-corrected chi connectivity index (χ4v) is 4.70. The first-order valence-electron chi connectivity index (χ1n) is 11.0. The van der Waals surface area contributed by atoms with Crippen LogP contribution in [0.3, 0.4) is 0 Å². The Morgan fingerprint density at radius 3 is 2.22 bits per heavy atom. The number of Topliss-reactive ketones (excluding diaryl/α,β-unsaturated/α-hetero) is 1. The van der Waals surface area contributed by atoms with E-state index in [4.69, 9.17) is 10.2 Å². The molecule has 1 unspecified atom stereocenters. The number of amides is 1. The zero-order chi connectivity index (χ0) is 26.9. The average Bonchev–Trinajstić information content (AvgIpc) is 2.80. The standard InChI is InChI=1S/C24H28N2O9S/c1-16(27)14-26(15-22(29)30)23(31)19(17-7-3-2-4-8-17)9-5-6-12-25-36(34,35)18-10-11-21(28)20(13-18)24(32)33/h2-4,7-8,10-11,13,19,25,28H,5-6,9,12,14-15H2,1H3,(H,29,30)(H,32,33). The Morgan fingerprint density at radius 2 is 1.64 bits per heavy atom. The van der Waals surface area contributed by atoms with Crippen LogP contribution in [0.1, 0.15) is 48.0 Å². The van der Waals surface area contributed by atoms with Gasteiger partial charge in [-0.25, -0.2) is 17.9 Å². The normalized spacial score (nSPS) is 12.0. The van der Waals surface area contributed by atoms with Crippen LogP contribution in [-0.2, 0) is 24.4 Å². The Labute approximate surface area is 208 Å². The molecular weight excluding hydrogens is 492 g/mol. The molecule has 2 aromatic carbocycles. The first kappa shape index (κ1) is 28.5. The maximum absolute atomic E-state index is 13.2. The highest BCUT2D eigenvalue weighted by molar-refractivity contribution is 7.89. The van der Waals surface area contributed by atoms with Crippen LogP contribution in [0.5, 0.6) is 5.75 Å². The van der Waals surface area contributed by atoms with Crippen LogP contribution in [0, 0.1) is 0 Å². The number of aliphatic carboxylic acids is 1. The average molecular weight is 521 g/mol. The highest BCUT2D eigenvalue weighted by atomic mass is 32.2. The van der Waals surface area contributed by atoms with Gasteiger partial charge in [0, 0.05) is 6.54 Å². The number of carbonyl (C=O) groups is 4. The van der Waals surface area contributed by atoms with Crippen LogP contribution in [0.4, 0.5) is 0 Å². The number of carboxylic acids is 2. The number of sulfonamides is 1. The molecule has 0 heterocycles. The third-order valence-corrected chi connectivity index (χ3v) is 6.73. The monoisotopic (exact) mass is 520 g/mol. The van der Waals surface area contributed by atoms with E-state index in [0.717, 1.165) is 23.1 Å². The molecule has 0 spiro atoms. The van der Waals surface area contributed by atoms with Crippen molar-refractivity contribution in [3.05, 3.63) is 59.7 Å². The van der Waals surface area contributed by atoms with Crippen molar-refractivity contribution in [3.63, 3.8) is 0 Å². The van der Waals surface area contributed by atoms with Crippen molar-refractivity contribution in [2.45, 2.75) is 37.0 Å². The SMILES string of the molecule is CC(=O)CN(CC(=O)O)C(=O)C(CCCCNS(=O)(=O)c1ccc(O)c(C(=O)O)c1)c1ccccc1. The Morgan fingerprint density at radius 1 is 0.972 bits per heavy atom. The van der Waals surface area contributed by atoms with E-state index in [2.05, 4.69) is 4.72 Å². The fraction of sp³-hybridized carbons (Fsp3) is 0.333. The van der Waals surface area contributed by atoms with Crippen molar-refractivity contribution in [1.29, 1.82) is 0 Å². The van der Waals surface area contributed by atoms with Gasteiger partial charge in [0.05, 0.1) is 17.4 Å². The largest absolute Gasteiger partial charge is 0.507 e. The molecule has 0 bridgehead atoms. The predicted molar refractivity (Wildman–Crippen MR) is 128 cm³/mol. The van der Waals surface area contributed by atoms with Gasteiger partial charge >= 0.3 is 11.9 Å². The molecule has 11 nitrogen and oxygen atoms in total. The molecule has 0 aromatic heterocycles. The summed E-state index contributed by atoms with van der Waals surface area (Å²) in [6, 6.07) is 11.6. The fourth-order valence-electron chi connectivity index (χ4n) is 3.60. The number of benzene rings is 2. The lowest BCUT2D eigenvalue weighted by molar-refractivity contribution is -0.146. The van der Waals surface area contributed by atoms with Crippen LogP contribution in [0.15, 0.2) is 53.4 Å². The molecule has 194 valence electrons. The van der Waals surface area contributed by atoms with E-state index in [1.165, 1.54) is 6.92 Å². The minimum absolute atomic E-state index is 0.00635. The van der Waals surface area contributed by atoms with E-state index in [-0.39, 0.29) is 30.2 Å². The summed E-state index contributed by atoms with van der Waals surface area (Å²) in [5.74, 6) is -4.86. The molecule has 2 aromatic rings. The number of hydrogen-bond acceptors (Lipinski definition) is 7. The number of nitrogens with one attached hydrogen (secondary N) is 1. The van der Waals surface area contributed by atoms with E-state index >= 15 is 0 Å². The molecule has 4 N–H and O–H groups in total. The molecule has 0 aliphatic heterocycles. The number of carbonyl (C=O) groups excluding carboxylic acids is 2. The third kappa shape index (κ3) is 8.17. The molecule has 1 atom stereocenters. The van der Waals surface area contributed by atoms with Crippen molar-refractivity contribution in [2.24, 2.45) is 0 Å². The summed E-state index contributed by atoms with van der Waals surface area (Å²) in [7, 11) is -4.05. The van der Waals surface area contributed by atoms with Gasteiger partial charge in [0.2, 0.25) is 15.9 Å². The van der Waals surface area contributed by atoms with Gasteiger partial charge in [-0.1, -0.05) is 36.8 Å². The molecule has 2 rings (SSSR count). The van der Waals surface area contributed by atoms with Gasteiger partial charge in [0.25, 0.3) is 0 Å². The van der Waals surface area contributed by atoms with Gasteiger partial charge in [-0.05, 0) is 43.5 Å². The molecule has 0 aliphatic rings. The first-order chi connectivity index (χ1) is 16.9. The second-order valence-electron chi connectivity index (χ2n) is 8.13. The molecule has 0 radical (unpaired) electrons. The van der Waals surface area contributed by atoms with Crippen LogP contribution >= 0.6 is 0 Å². The molecule has 0 saturated heterocycles. The van der Waals surface area contributed by atoms with Gasteiger partial charge in [0.1, 0.15) is 23.6 Å². The molecule has 0 saturated carbocycles. The molecule has 1 amide bonds. The molecule has 12 heteroatoms. The number of unbranched alkanes of at least 4 members (excludes halogenated alkanes) is 1. The van der Waals surface area contributed by atoms with Crippen molar-refractivity contribution >= 4 is 33.7 Å². The van der Waals surface area contributed by atoms with Crippen LogP contribution in [0.25, 0.3) is 0 Å². The zero-order valence-corrected chi connectivity index (χ0v) is 20.4. The van der Waals surface area contributed by atoms with Gasteiger partial charge in [-0.2, -0.15) is 0 Å². The summed E-state index contributed by atoms with van der Waals surface area (Å²) >= 11 is 0. The van der Waals surface area contributed by atoms with E-state index in [1.54, 1.807) is 30.3 Å². The summed E-state index contributed by atoms with van der Waals surface area (Å²) in [5, 5.41) is 27.8. The summed E-state index contributed by atoms with van der Waals surface area (Å²) in [6.07, 6.45) is 0.997. The van der Waals surface area contributed by atoms with Crippen molar-refractivity contribution < 1.29 is 42.9 Å². The Kier molecular flexibility index (Phi) is 10.1. The predicted octanol–water partition coefficient (Wildman–Crippen LogP) is 1.82. The molecule has 0 fully saturated rings. The Bertz CT molecular complexity index is 1200. The number of hydrogen-bond donors (Lipinski definition) is 4. The molecule has 0 aliphatic carbocycles. The minimum Gasteiger partial charge on any atom is -0.507 e. The Hall–Kier alpha value is -3.77. The summed E-state index contributed by atoms with van der Waals surface area (Å²) in [5.41, 5.74) is 0.103. The summed E-state index contributed by atoms with van der Waals surface area (Å²) in [4.78, 5) is 47.8. The Balaban J connectivity index is 2.06. The number of rotatable bonds is 14. The maximum Gasteiger partial charge on any atom is 0.339 e. The van der Waals surface area contributed by atoms with E-state index in [9.17, 15) is 32.7 Å². The van der Waals surface area contributed by atoms with Crippen molar-refractivity contribution in [1.82, 2.24) is 9.62 Å². The molecular formula is C24H28N2O9S. The van der Waals surface area contributed by atoms with E-state index in [0.29, 0.717) is 18.4 Å². The number of ketones is 1. The molecule has 36 heavy (non-hydrogen) atoms. The van der Waals surface area contributed by atoms with E-state index < -0.39 is 51.6 Å². The number of aromatic hydroxyl groups is 1. The van der Waals surface area contributed by atoms with Crippen molar-refractivity contribution in [3.8, 4) is 5.75 Å². The maximum atomic E-state index is 13.2. The van der Waals surface area contributed by atoms with Gasteiger partial charge in [0.15, 0.2) is 0 Å². The second-order valence-corrected chi connectivity index (χ2v) is 9.90. The highest BCUT2D eigenvalue weighted by Gasteiger charge is 2.28. The number of carboxylic acid groups (broad SMARTS) is 2. The van der Waals surface area contributed by atoms with Crippen LogP contribution in [-0.4, -0.2) is 71.9 Å². The van der Waals surface area contributed by atoms with E-state index in [1.807, 2.05) is 0 Å². The first-order valence-corrected chi connectivity index (χ1v) is 12.5. The van der Waals surface area contributed by atoms with Crippen molar-refractivity contribution in [2.75, 3.05) is 19.6 Å². The second kappa shape index (κ2) is 12.8. The third-order valence-electron chi connectivity index (χ3n) is 5.27. The summed E-state index contributed by atoms with van der Waals surface area (Å²) in [6.45, 7) is 0.304. The highest BCUT2D eigenvalue weighted by Crippen LogP contribution is 2.25. The topological polar surface area (TPSA) is 178 Å². The smallest absolute Gasteiger partial charge is 0.339 e. The lowest BCUT2D eigenvalue weighted by Gasteiger charge is -2.25.